The van der Waals surface area contributed by atoms with Crippen molar-refractivity contribution in [3.63, 3.8) is 0 Å². The van der Waals surface area contributed by atoms with Crippen molar-refractivity contribution in [2.45, 2.75) is 19.0 Å². The van der Waals surface area contributed by atoms with Gasteiger partial charge in [0.15, 0.2) is 5.16 Å². The molecule has 2 aromatic rings. The molecular weight excluding hydrogens is 256 g/mol. The third kappa shape index (κ3) is 2.53. The minimum Gasteiger partial charge on any atom is -0.465 e. The molecule has 0 aliphatic rings. The molecule has 0 bridgehead atoms. The average molecular weight is 268 g/mol. The molecule has 0 aliphatic carbocycles. The zero-order chi connectivity index (χ0) is 13.1. The molecule has 0 aliphatic heterocycles. The second kappa shape index (κ2) is 5.21. The third-order valence-corrected chi connectivity index (χ3v) is 3.09. The Labute approximate surface area is 107 Å². The fourth-order valence-electron chi connectivity index (χ4n) is 1.49. The van der Waals surface area contributed by atoms with Crippen molar-refractivity contribution in [1.82, 2.24) is 19.6 Å². The number of rotatable bonds is 4. The number of carbonyl (C=O) groups excluding carboxylic acids is 1. The summed E-state index contributed by atoms with van der Waals surface area (Å²) in [5, 5.41) is 8.32. The van der Waals surface area contributed by atoms with Gasteiger partial charge in [0.05, 0.1) is 12.4 Å². The zero-order valence-corrected chi connectivity index (χ0v) is 10.8. The van der Waals surface area contributed by atoms with E-state index in [1.54, 1.807) is 18.2 Å². The Balaban J connectivity index is 2.24. The number of hydrogen-bond donors (Lipinski definition) is 1. The molecule has 18 heavy (non-hydrogen) atoms. The lowest BCUT2D eigenvalue weighted by molar-refractivity contribution is -0.139. The summed E-state index contributed by atoms with van der Waals surface area (Å²) in [5.74, 6) is 0.223. The van der Waals surface area contributed by atoms with E-state index in [2.05, 4.69) is 15.2 Å². The zero-order valence-electron chi connectivity index (χ0n) is 9.97. The number of aryl methyl sites for hydroxylation is 1. The van der Waals surface area contributed by atoms with Crippen LogP contribution in [0.4, 0.5) is 0 Å². The summed E-state index contributed by atoms with van der Waals surface area (Å²) < 4.78 is 6.51. The van der Waals surface area contributed by atoms with Crippen molar-refractivity contribution in [3.05, 3.63) is 22.1 Å². The lowest BCUT2D eigenvalue weighted by Crippen LogP contribution is -2.10. The first-order valence-electron chi connectivity index (χ1n) is 5.35. The number of aromatic amines is 1. The molecule has 0 saturated carbocycles. The molecule has 0 amide bonds. The van der Waals surface area contributed by atoms with Crippen molar-refractivity contribution < 1.29 is 9.53 Å². The van der Waals surface area contributed by atoms with Crippen LogP contribution in [0.1, 0.15) is 12.6 Å². The Morgan fingerprint density at radius 1 is 1.56 bits per heavy atom. The van der Waals surface area contributed by atoms with Crippen LogP contribution < -0.4 is 5.56 Å². The Morgan fingerprint density at radius 2 is 2.33 bits per heavy atom. The van der Waals surface area contributed by atoms with Gasteiger partial charge in [-0.15, -0.1) is 10.2 Å². The molecule has 96 valence electrons. The summed E-state index contributed by atoms with van der Waals surface area (Å²) >= 11 is 1.22. The Bertz CT molecular complexity index is 634. The van der Waals surface area contributed by atoms with Crippen molar-refractivity contribution in [2.24, 2.45) is 0 Å². The van der Waals surface area contributed by atoms with Crippen LogP contribution in [0.5, 0.6) is 0 Å². The first-order valence-corrected chi connectivity index (χ1v) is 6.34. The predicted molar refractivity (Wildman–Crippen MR) is 65.7 cm³/mol. The van der Waals surface area contributed by atoms with Gasteiger partial charge in [-0.2, -0.15) is 0 Å². The van der Waals surface area contributed by atoms with Gasteiger partial charge in [0.2, 0.25) is 5.78 Å². The normalized spacial score (nSPS) is 10.8. The van der Waals surface area contributed by atoms with Crippen LogP contribution in [0.25, 0.3) is 5.78 Å². The summed E-state index contributed by atoms with van der Waals surface area (Å²) in [4.78, 5) is 25.1. The van der Waals surface area contributed by atoms with Crippen molar-refractivity contribution in [1.29, 1.82) is 0 Å². The molecule has 0 aromatic carbocycles. The molecule has 2 heterocycles. The van der Waals surface area contributed by atoms with Gasteiger partial charge < -0.3 is 4.74 Å². The maximum Gasteiger partial charge on any atom is 0.316 e. The third-order valence-electron chi connectivity index (χ3n) is 2.19. The number of H-pyrrole nitrogens is 1. The lowest BCUT2D eigenvalue weighted by atomic mass is 10.4. The maximum atomic E-state index is 11.3. The van der Waals surface area contributed by atoms with Gasteiger partial charge >= 0.3 is 5.97 Å². The molecule has 0 atom stereocenters. The molecule has 2 rings (SSSR count). The number of esters is 1. The highest BCUT2D eigenvalue weighted by atomic mass is 32.2. The second-order valence-electron chi connectivity index (χ2n) is 3.51. The standard InChI is InChI=1S/C10H12N4O3S/c1-3-17-8(16)5-18-10-13-12-9-11-7(15)4-6(2)14(9)10/h4H,3,5H2,1-2H3,(H,11,12,15). The van der Waals surface area contributed by atoms with E-state index < -0.39 is 0 Å². The number of aromatic nitrogens is 4. The summed E-state index contributed by atoms with van der Waals surface area (Å²) in [7, 11) is 0. The maximum absolute atomic E-state index is 11.3. The molecule has 7 nitrogen and oxygen atoms in total. The fraction of sp³-hybridized carbons (Fsp3) is 0.400. The SMILES string of the molecule is CCOC(=O)CSc1nnc2[nH]c(=O)cc(C)n12. The molecule has 8 heteroatoms. The molecule has 0 spiro atoms. The molecule has 0 fully saturated rings. The number of hydrogen-bond acceptors (Lipinski definition) is 6. The quantitative estimate of drug-likeness (QED) is 0.637. The van der Waals surface area contributed by atoms with E-state index in [4.69, 9.17) is 4.74 Å². The minimum atomic E-state index is -0.304. The molecular formula is C10H12N4O3S. The number of ether oxygens (including phenoxy) is 1. The molecule has 1 N–H and O–H groups in total. The van der Waals surface area contributed by atoms with E-state index >= 15 is 0 Å². The number of carbonyl (C=O) groups is 1. The number of fused-ring (bicyclic) bond motifs is 1. The number of nitrogens with one attached hydrogen (secondary N) is 1. The highest BCUT2D eigenvalue weighted by Crippen LogP contribution is 2.16. The van der Waals surface area contributed by atoms with E-state index in [0.717, 1.165) is 0 Å². The summed E-state index contributed by atoms with van der Waals surface area (Å²) in [6.07, 6.45) is 0. The van der Waals surface area contributed by atoms with E-state index in [1.807, 2.05) is 0 Å². The van der Waals surface area contributed by atoms with E-state index in [1.165, 1.54) is 17.8 Å². The highest BCUT2D eigenvalue weighted by molar-refractivity contribution is 7.99. The lowest BCUT2D eigenvalue weighted by Gasteiger charge is -2.02. The van der Waals surface area contributed by atoms with Gasteiger partial charge in [0.25, 0.3) is 5.56 Å². The average Bonchev–Trinajstić information content (AvgIpc) is 2.70. The monoisotopic (exact) mass is 268 g/mol. The van der Waals surface area contributed by atoms with Gasteiger partial charge in [-0.1, -0.05) is 11.8 Å². The van der Waals surface area contributed by atoms with Crippen molar-refractivity contribution >= 4 is 23.5 Å². The minimum absolute atomic E-state index is 0.160. The van der Waals surface area contributed by atoms with Crippen molar-refractivity contribution in [2.75, 3.05) is 12.4 Å². The molecule has 0 saturated heterocycles. The Hall–Kier alpha value is -1.83. The van der Waals surface area contributed by atoms with Crippen LogP contribution in [0.3, 0.4) is 0 Å². The van der Waals surface area contributed by atoms with Crippen LogP contribution in [0.2, 0.25) is 0 Å². The van der Waals surface area contributed by atoms with Gasteiger partial charge in [0, 0.05) is 11.8 Å². The summed E-state index contributed by atoms with van der Waals surface area (Å²) in [6, 6.07) is 1.45. The number of thioether (sulfide) groups is 1. The van der Waals surface area contributed by atoms with Gasteiger partial charge in [-0.3, -0.25) is 19.0 Å². The van der Waals surface area contributed by atoms with Crippen LogP contribution in [0, 0.1) is 6.92 Å². The van der Waals surface area contributed by atoms with Crippen molar-refractivity contribution in [3.8, 4) is 0 Å². The van der Waals surface area contributed by atoms with Crippen LogP contribution in [-0.4, -0.2) is 37.9 Å². The predicted octanol–water partition coefficient (Wildman–Crippen LogP) is 0.381. The van der Waals surface area contributed by atoms with E-state index in [-0.39, 0.29) is 17.3 Å². The Morgan fingerprint density at radius 3 is 3.06 bits per heavy atom. The molecule has 0 unspecified atom stereocenters. The second-order valence-corrected chi connectivity index (χ2v) is 4.45. The summed E-state index contributed by atoms with van der Waals surface area (Å²) in [5.41, 5.74) is 0.486. The highest BCUT2D eigenvalue weighted by Gasteiger charge is 2.11. The van der Waals surface area contributed by atoms with Gasteiger partial charge in [-0.05, 0) is 13.8 Å². The fourth-order valence-corrected chi connectivity index (χ4v) is 2.28. The smallest absolute Gasteiger partial charge is 0.316 e. The topological polar surface area (TPSA) is 89.3 Å². The molecule has 2 aromatic heterocycles. The summed E-state index contributed by atoms with van der Waals surface area (Å²) in [6.45, 7) is 3.89. The first kappa shape index (κ1) is 12.6. The Kier molecular flexibility index (Phi) is 3.66. The van der Waals surface area contributed by atoms with E-state index in [0.29, 0.717) is 23.2 Å². The van der Waals surface area contributed by atoms with Crippen LogP contribution >= 0.6 is 11.8 Å². The van der Waals surface area contributed by atoms with Crippen LogP contribution in [-0.2, 0) is 9.53 Å². The van der Waals surface area contributed by atoms with Gasteiger partial charge in [-0.25, -0.2) is 0 Å². The first-order chi connectivity index (χ1) is 8.61. The van der Waals surface area contributed by atoms with Crippen LogP contribution in [0.15, 0.2) is 16.0 Å². The number of nitrogens with zero attached hydrogens (tertiary/aromatic N) is 3. The van der Waals surface area contributed by atoms with Gasteiger partial charge in [0.1, 0.15) is 0 Å². The largest absolute Gasteiger partial charge is 0.465 e. The molecule has 0 radical (unpaired) electrons. The van der Waals surface area contributed by atoms with E-state index in [9.17, 15) is 9.59 Å².